The number of methoxy groups -OCH3 is 1. The molecule has 0 radical (unpaired) electrons. The van der Waals surface area contributed by atoms with Crippen molar-refractivity contribution < 1.29 is 22.7 Å². The molecule has 5 heterocycles. The lowest BCUT2D eigenvalue weighted by Gasteiger charge is -2.28. The summed E-state index contributed by atoms with van der Waals surface area (Å²) >= 11 is 14.0. The summed E-state index contributed by atoms with van der Waals surface area (Å²) in [4.78, 5) is 36.0. The van der Waals surface area contributed by atoms with Crippen LogP contribution < -0.4 is 26.2 Å². The molecule has 2 fully saturated rings. The number of aryl methyl sites for hydroxylation is 2. The summed E-state index contributed by atoms with van der Waals surface area (Å²) in [6.45, 7) is 2.18. The standard InChI is InChI=1S/C36H31Cl2F3N8O3/c1-48-33(50)28-19(15-43-48)14-26(36(39,40)41)46-31(28)44-23-8-4-6-21(30(23)38)20-5-3-7-22(29(20)37)24-13-18-9-10-25(27(18)32(45-24)52-2)49-12-11-35(17-49)16-42-34(51)47-35/h3-8,13-15,25H,9-12,16-17H2,1-2H3,(H,44,46)(H2,42,47,51)/t25-,35-/m0/s1. The van der Waals surface area contributed by atoms with Crippen LogP contribution in [-0.4, -0.2) is 63.0 Å². The van der Waals surface area contributed by atoms with Gasteiger partial charge in [-0.15, -0.1) is 0 Å². The lowest BCUT2D eigenvalue weighted by atomic mass is 9.99. The second-order valence-electron chi connectivity index (χ2n) is 13.3. The number of carbonyl (C=O) groups excluding carboxylic acids is 1. The number of hydrogen-bond acceptors (Lipinski definition) is 8. The van der Waals surface area contributed by atoms with E-state index in [9.17, 15) is 22.8 Å². The zero-order valence-electron chi connectivity index (χ0n) is 27.9. The van der Waals surface area contributed by atoms with Gasteiger partial charge in [0.25, 0.3) is 5.56 Å². The molecule has 2 atom stereocenters. The first-order chi connectivity index (χ1) is 24.9. The number of pyridine rings is 2. The molecule has 2 aliphatic heterocycles. The molecule has 3 aliphatic rings. The van der Waals surface area contributed by atoms with Gasteiger partial charge in [0.2, 0.25) is 5.88 Å². The van der Waals surface area contributed by atoms with Crippen molar-refractivity contribution in [1.29, 1.82) is 0 Å². The van der Waals surface area contributed by atoms with Crippen LogP contribution in [0.15, 0.2) is 59.5 Å². The minimum Gasteiger partial charge on any atom is -0.481 e. The van der Waals surface area contributed by atoms with E-state index in [0.717, 1.165) is 54.2 Å². The minimum absolute atomic E-state index is 0.0245. The quantitative estimate of drug-likeness (QED) is 0.172. The van der Waals surface area contributed by atoms with E-state index in [1.807, 2.05) is 18.2 Å². The molecule has 268 valence electrons. The Hall–Kier alpha value is -4.92. The fourth-order valence-corrected chi connectivity index (χ4v) is 8.23. The van der Waals surface area contributed by atoms with E-state index in [0.29, 0.717) is 39.8 Å². The average Bonchev–Trinajstić information content (AvgIpc) is 3.84. The number of likely N-dealkylation sites (tertiary alicyclic amines) is 1. The van der Waals surface area contributed by atoms with Gasteiger partial charge in [0, 0.05) is 60.4 Å². The van der Waals surface area contributed by atoms with Crippen LogP contribution in [0.5, 0.6) is 5.88 Å². The minimum atomic E-state index is -4.77. The molecule has 52 heavy (non-hydrogen) atoms. The molecule has 11 nitrogen and oxygen atoms in total. The molecule has 0 bridgehead atoms. The van der Waals surface area contributed by atoms with E-state index in [4.69, 9.17) is 32.9 Å². The van der Waals surface area contributed by atoms with Crippen molar-refractivity contribution in [2.75, 3.05) is 32.1 Å². The predicted octanol–water partition coefficient (Wildman–Crippen LogP) is 6.88. The molecule has 3 aromatic heterocycles. The Labute approximate surface area is 305 Å². The fraction of sp³-hybridized carbons (Fsp3) is 0.306. The molecular weight excluding hydrogens is 720 g/mol. The number of halogens is 5. The second kappa shape index (κ2) is 12.6. The van der Waals surface area contributed by atoms with Crippen molar-refractivity contribution in [3.05, 3.63) is 91.9 Å². The van der Waals surface area contributed by atoms with Crippen molar-refractivity contribution in [1.82, 2.24) is 35.3 Å². The fourth-order valence-electron chi connectivity index (χ4n) is 7.63. The Morgan fingerprint density at radius 3 is 2.52 bits per heavy atom. The van der Waals surface area contributed by atoms with Crippen LogP contribution in [0.2, 0.25) is 10.0 Å². The third-order valence-electron chi connectivity index (χ3n) is 10.1. The van der Waals surface area contributed by atoms with Gasteiger partial charge in [-0.3, -0.25) is 9.69 Å². The zero-order valence-corrected chi connectivity index (χ0v) is 29.4. The summed E-state index contributed by atoms with van der Waals surface area (Å²) in [5.74, 6) is 0.200. The number of carbonyl (C=O) groups is 1. The molecule has 1 aliphatic carbocycles. The van der Waals surface area contributed by atoms with Crippen molar-refractivity contribution in [2.45, 2.75) is 37.0 Å². The summed E-state index contributed by atoms with van der Waals surface area (Å²) < 4.78 is 48.3. The van der Waals surface area contributed by atoms with E-state index < -0.39 is 17.4 Å². The van der Waals surface area contributed by atoms with Crippen LogP contribution >= 0.6 is 23.2 Å². The van der Waals surface area contributed by atoms with Gasteiger partial charge in [-0.05, 0) is 43.0 Å². The molecule has 8 rings (SSSR count). The summed E-state index contributed by atoms with van der Waals surface area (Å²) in [5, 5.41) is 13.2. The first-order valence-electron chi connectivity index (χ1n) is 16.5. The Balaban J connectivity index is 1.14. The Morgan fingerprint density at radius 2 is 1.79 bits per heavy atom. The molecule has 2 saturated heterocycles. The van der Waals surface area contributed by atoms with Crippen LogP contribution in [0.25, 0.3) is 33.2 Å². The maximum absolute atomic E-state index is 13.8. The highest BCUT2D eigenvalue weighted by atomic mass is 35.5. The lowest BCUT2D eigenvalue weighted by molar-refractivity contribution is -0.141. The lowest BCUT2D eigenvalue weighted by Crippen LogP contribution is -2.46. The number of hydrogen-bond donors (Lipinski definition) is 3. The van der Waals surface area contributed by atoms with Crippen LogP contribution in [0.1, 0.15) is 35.7 Å². The highest BCUT2D eigenvalue weighted by Gasteiger charge is 2.47. The summed E-state index contributed by atoms with van der Waals surface area (Å²) in [5.41, 5.74) is 2.58. The van der Waals surface area contributed by atoms with E-state index >= 15 is 0 Å². The smallest absolute Gasteiger partial charge is 0.433 e. The predicted molar refractivity (Wildman–Crippen MR) is 191 cm³/mol. The third-order valence-corrected chi connectivity index (χ3v) is 11.0. The normalized spacial score (nSPS) is 20.0. The SMILES string of the molecule is COc1nc(-c2cccc(-c3cccc(Nc4nc(C(F)(F)F)cc5cnn(C)c(=O)c45)c3Cl)c2Cl)cc2c1[C@@H](N1CC[C@]3(CNC(=O)N3)C1)CC2. The Morgan fingerprint density at radius 1 is 1.04 bits per heavy atom. The van der Waals surface area contributed by atoms with Crippen molar-refractivity contribution in [2.24, 2.45) is 7.05 Å². The van der Waals surface area contributed by atoms with Gasteiger partial charge in [-0.25, -0.2) is 19.4 Å². The van der Waals surface area contributed by atoms with E-state index in [1.54, 1.807) is 31.4 Å². The van der Waals surface area contributed by atoms with E-state index in [-0.39, 0.29) is 44.9 Å². The van der Waals surface area contributed by atoms with Gasteiger partial charge in [0.05, 0.1) is 45.7 Å². The molecule has 5 aromatic rings. The number of amides is 2. The average molecular weight is 752 g/mol. The Bertz CT molecular complexity index is 2350. The number of rotatable bonds is 6. The number of ether oxygens (including phenoxy) is 1. The molecule has 1 spiro atoms. The van der Waals surface area contributed by atoms with Crippen molar-refractivity contribution in [3.8, 4) is 28.3 Å². The molecule has 0 saturated carbocycles. The van der Waals surface area contributed by atoms with Crippen LogP contribution in [-0.2, 0) is 19.6 Å². The molecular formula is C36H31Cl2F3N8O3. The first kappa shape index (κ1) is 34.2. The molecule has 3 N–H and O–H groups in total. The van der Waals surface area contributed by atoms with E-state index in [2.05, 4.69) is 30.9 Å². The number of nitrogens with zero attached hydrogens (tertiary/aromatic N) is 5. The van der Waals surface area contributed by atoms with Crippen LogP contribution in [0.4, 0.5) is 29.5 Å². The number of nitrogens with one attached hydrogen (secondary N) is 3. The largest absolute Gasteiger partial charge is 0.481 e. The number of urea groups is 1. The van der Waals surface area contributed by atoms with E-state index in [1.165, 1.54) is 13.2 Å². The molecule has 2 amide bonds. The maximum Gasteiger partial charge on any atom is 0.433 e. The number of benzene rings is 2. The topological polar surface area (TPSA) is 126 Å². The van der Waals surface area contributed by atoms with Gasteiger partial charge >= 0.3 is 12.2 Å². The van der Waals surface area contributed by atoms with Gasteiger partial charge < -0.3 is 20.7 Å². The third kappa shape index (κ3) is 5.78. The van der Waals surface area contributed by atoms with Gasteiger partial charge in [-0.1, -0.05) is 53.5 Å². The first-order valence-corrected chi connectivity index (χ1v) is 17.3. The van der Waals surface area contributed by atoms with Crippen molar-refractivity contribution in [3.63, 3.8) is 0 Å². The number of anilines is 2. The highest BCUT2D eigenvalue weighted by molar-refractivity contribution is 6.39. The van der Waals surface area contributed by atoms with Gasteiger partial charge in [0.1, 0.15) is 11.5 Å². The molecule has 2 aromatic carbocycles. The number of fused-ring (bicyclic) bond motifs is 2. The maximum atomic E-state index is 13.8. The monoisotopic (exact) mass is 750 g/mol. The van der Waals surface area contributed by atoms with Crippen LogP contribution in [0.3, 0.4) is 0 Å². The molecule has 0 unspecified atom stereocenters. The van der Waals surface area contributed by atoms with Crippen LogP contribution in [0, 0.1) is 0 Å². The Kier molecular flexibility index (Phi) is 8.31. The van der Waals surface area contributed by atoms with Gasteiger partial charge in [0.15, 0.2) is 0 Å². The number of alkyl halides is 3. The zero-order chi connectivity index (χ0) is 36.5. The summed E-state index contributed by atoms with van der Waals surface area (Å²) in [7, 11) is 2.99. The number of aromatic nitrogens is 4. The highest BCUT2D eigenvalue weighted by Crippen LogP contribution is 2.47. The summed E-state index contributed by atoms with van der Waals surface area (Å²) in [6, 6.07) is 13.2. The second-order valence-corrected chi connectivity index (χ2v) is 14.1. The van der Waals surface area contributed by atoms with Gasteiger partial charge in [-0.2, -0.15) is 18.3 Å². The summed E-state index contributed by atoms with van der Waals surface area (Å²) in [6.07, 6.45) is -1.04. The molecule has 16 heteroatoms. The van der Waals surface area contributed by atoms with Crippen molar-refractivity contribution >= 4 is 51.5 Å².